The number of aldehydes is 1. The molecule has 204 valence electrons. The highest BCUT2D eigenvalue weighted by atomic mass is 32.1. The van der Waals surface area contributed by atoms with Crippen LogP contribution >= 0.6 is 11.7 Å². The summed E-state index contributed by atoms with van der Waals surface area (Å²) in [7, 11) is 9.21. The molecule has 0 unspecified atom stereocenters. The van der Waals surface area contributed by atoms with Crippen molar-refractivity contribution in [2.75, 3.05) is 45.9 Å². The van der Waals surface area contributed by atoms with Crippen LogP contribution in [0.15, 0.2) is 36.4 Å². The fourth-order valence-corrected chi connectivity index (χ4v) is 2.80. The van der Waals surface area contributed by atoms with Gasteiger partial charge in [0.2, 0.25) is 0 Å². The topological polar surface area (TPSA) is 120 Å². The number of benzene rings is 2. The normalized spacial score (nSPS) is 8.95. The molecule has 9 nitrogen and oxygen atoms in total. The Bertz CT molecular complexity index is 1040. The molecule has 37 heavy (non-hydrogen) atoms. The Labute approximate surface area is 225 Å². The monoisotopic (exact) mass is 531 g/mol. The highest BCUT2D eigenvalue weighted by Gasteiger charge is 2.05. The highest BCUT2D eigenvalue weighted by molar-refractivity contribution is 6.99. The van der Waals surface area contributed by atoms with Gasteiger partial charge in [-0.3, -0.25) is 4.79 Å². The Morgan fingerprint density at radius 2 is 1.70 bits per heavy atom. The Kier molecular flexibility index (Phi) is 20.5. The first-order chi connectivity index (χ1) is 17.6. The number of carbonyl (C=O) groups excluding carboxylic acids is 1. The van der Waals surface area contributed by atoms with Crippen LogP contribution in [-0.2, 0) is 6.54 Å². The molecule has 1 aromatic heterocycles. The number of para-hydroxylation sites is 1. The third-order valence-electron chi connectivity index (χ3n) is 3.82. The summed E-state index contributed by atoms with van der Waals surface area (Å²) < 4.78 is 13.3. The SMILES string of the molecule is C#C.CCC.CN(C)C.CNc1cccc(C=O)c1O.COc1cc(CNc2nsnc2C)ccc1O. The van der Waals surface area contributed by atoms with E-state index in [2.05, 4.69) is 46.1 Å². The van der Waals surface area contributed by atoms with Gasteiger partial charge in [0.05, 0.1) is 35.8 Å². The Morgan fingerprint density at radius 3 is 2.16 bits per heavy atom. The molecule has 10 heteroatoms. The van der Waals surface area contributed by atoms with Gasteiger partial charge in [0.25, 0.3) is 0 Å². The summed E-state index contributed by atoms with van der Waals surface area (Å²) >= 11 is 1.18. The minimum absolute atomic E-state index is 0.00463. The molecule has 0 aliphatic carbocycles. The maximum Gasteiger partial charge on any atom is 0.163 e. The van der Waals surface area contributed by atoms with E-state index >= 15 is 0 Å². The maximum absolute atomic E-state index is 10.3. The van der Waals surface area contributed by atoms with E-state index in [1.54, 1.807) is 37.4 Å². The van der Waals surface area contributed by atoms with Crippen molar-refractivity contribution in [2.24, 2.45) is 0 Å². The molecule has 0 atom stereocenters. The first-order valence-corrected chi connectivity index (χ1v) is 12.2. The smallest absolute Gasteiger partial charge is 0.163 e. The van der Waals surface area contributed by atoms with Gasteiger partial charge in [-0.15, -0.1) is 12.8 Å². The molecule has 1 heterocycles. The van der Waals surface area contributed by atoms with Crippen molar-refractivity contribution in [1.29, 1.82) is 0 Å². The summed E-state index contributed by atoms with van der Waals surface area (Å²) in [5, 5.41) is 24.7. The Morgan fingerprint density at radius 1 is 1.11 bits per heavy atom. The lowest BCUT2D eigenvalue weighted by molar-refractivity contribution is 0.112. The van der Waals surface area contributed by atoms with E-state index in [-0.39, 0.29) is 11.5 Å². The van der Waals surface area contributed by atoms with Crippen LogP contribution in [-0.4, -0.2) is 65.4 Å². The zero-order valence-electron chi connectivity index (χ0n) is 23.1. The molecular weight excluding hydrogens is 490 g/mol. The number of hydrogen-bond acceptors (Lipinski definition) is 10. The number of terminal acetylenes is 1. The number of carbonyl (C=O) groups is 1. The van der Waals surface area contributed by atoms with Gasteiger partial charge in [0.1, 0.15) is 5.75 Å². The van der Waals surface area contributed by atoms with Crippen LogP contribution in [0.1, 0.15) is 41.9 Å². The number of phenolic OH excluding ortho intramolecular Hbond substituents is 2. The van der Waals surface area contributed by atoms with Crippen molar-refractivity contribution < 1.29 is 19.7 Å². The van der Waals surface area contributed by atoms with E-state index < -0.39 is 0 Å². The third-order valence-corrected chi connectivity index (χ3v) is 4.44. The van der Waals surface area contributed by atoms with Crippen LogP contribution in [0.5, 0.6) is 17.2 Å². The van der Waals surface area contributed by atoms with Crippen LogP contribution in [0.2, 0.25) is 0 Å². The van der Waals surface area contributed by atoms with Crippen LogP contribution in [0, 0.1) is 19.8 Å². The number of nitrogens with zero attached hydrogens (tertiary/aromatic N) is 3. The molecular formula is C27H41N5O4S. The molecule has 0 saturated heterocycles. The first-order valence-electron chi connectivity index (χ1n) is 11.4. The molecule has 0 spiro atoms. The Balaban J connectivity index is 0. The molecule has 0 radical (unpaired) electrons. The lowest BCUT2D eigenvalue weighted by Gasteiger charge is -2.07. The maximum atomic E-state index is 10.3. The average molecular weight is 532 g/mol. The van der Waals surface area contributed by atoms with E-state index in [4.69, 9.17) is 4.74 Å². The average Bonchev–Trinajstić information content (AvgIpc) is 3.30. The summed E-state index contributed by atoms with van der Waals surface area (Å²) in [5.41, 5.74) is 2.76. The van der Waals surface area contributed by atoms with Crippen molar-refractivity contribution in [3.8, 4) is 30.1 Å². The molecule has 3 rings (SSSR count). The summed E-state index contributed by atoms with van der Waals surface area (Å²) in [6.45, 7) is 6.77. The summed E-state index contributed by atoms with van der Waals surface area (Å²) in [6, 6.07) is 10.2. The van der Waals surface area contributed by atoms with Crippen molar-refractivity contribution in [1.82, 2.24) is 13.6 Å². The number of hydrogen-bond donors (Lipinski definition) is 4. The largest absolute Gasteiger partial charge is 0.505 e. The second-order valence-electron chi connectivity index (χ2n) is 7.72. The number of anilines is 2. The van der Waals surface area contributed by atoms with Crippen molar-refractivity contribution >= 4 is 29.5 Å². The van der Waals surface area contributed by atoms with Gasteiger partial charge in [-0.1, -0.05) is 32.4 Å². The summed E-state index contributed by atoms with van der Waals surface area (Å²) in [5.74, 6) is 1.41. The Hall–Kier alpha value is -3.81. The number of phenols is 2. The molecule has 0 saturated carbocycles. The molecule has 3 aromatic rings. The quantitative estimate of drug-likeness (QED) is 0.192. The predicted molar refractivity (Wildman–Crippen MR) is 155 cm³/mol. The number of aromatic nitrogens is 2. The molecule has 0 aliphatic rings. The van der Waals surface area contributed by atoms with Gasteiger partial charge in [-0.25, -0.2) is 0 Å². The van der Waals surface area contributed by atoms with Gasteiger partial charge in [-0.2, -0.15) is 8.75 Å². The predicted octanol–water partition coefficient (Wildman–Crippen LogP) is 5.26. The fourth-order valence-electron chi connectivity index (χ4n) is 2.27. The van der Waals surface area contributed by atoms with E-state index in [9.17, 15) is 15.0 Å². The van der Waals surface area contributed by atoms with Crippen LogP contribution in [0.25, 0.3) is 0 Å². The van der Waals surface area contributed by atoms with Crippen molar-refractivity contribution in [3.05, 3.63) is 53.2 Å². The van der Waals surface area contributed by atoms with Gasteiger partial charge in [-0.05, 0) is 57.9 Å². The molecule has 4 N–H and O–H groups in total. The number of nitrogens with one attached hydrogen (secondary N) is 2. The minimum atomic E-state index is 0.00463. The van der Waals surface area contributed by atoms with E-state index in [1.165, 1.54) is 25.3 Å². The van der Waals surface area contributed by atoms with Crippen LogP contribution < -0.4 is 15.4 Å². The zero-order valence-corrected chi connectivity index (χ0v) is 23.9. The highest BCUT2D eigenvalue weighted by Crippen LogP contribution is 2.27. The molecule has 0 bridgehead atoms. The lowest BCUT2D eigenvalue weighted by Crippen LogP contribution is -2.01. The number of aromatic hydroxyl groups is 2. The summed E-state index contributed by atoms with van der Waals surface area (Å²) in [4.78, 5) is 12.3. The number of rotatable bonds is 6. The summed E-state index contributed by atoms with van der Waals surface area (Å²) in [6.07, 6.45) is 9.87. The minimum Gasteiger partial charge on any atom is -0.505 e. The number of ether oxygens (including phenoxy) is 1. The van der Waals surface area contributed by atoms with E-state index in [1.807, 2.05) is 39.0 Å². The number of aryl methyl sites for hydroxylation is 1. The molecule has 0 amide bonds. The van der Waals surface area contributed by atoms with Gasteiger partial charge < -0.3 is 30.5 Å². The molecule has 0 aliphatic heterocycles. The van der Waals surface area contributed by atoms with Gasteiger partial charge >= 0.3 is 0 Å². The van der Waals surface area contributed by atoms with Crippen LogP contribution in [0.4, 0.5) is 11.5 Å². The second-order valence-corrected chi connectivity index (χ2v) is 8.25. The molecule has 0 fully saturated rings. The third kappa shape index (κ3) is 15.0. The fraction of sp³-hybridized carbons (Fsp3) is 0.370. The standard InChI is InChI=1S/C11H13N3O2S.C8H9NO2.C3H9N.C3H8.C2H2/c1-7-11(14-17-13-7)12-6-8-3-4-9(15)10(5-8)16-2;1-9-7-4-2-3-6(5-10)8(7)11;1-4(2)3;1-3-2;1-2/h3-5,15H,6H2,1-2H3,(H,12,14);2-5,9,11H,1H3;1-3H3;3H2,1-2H3;1-2H. The zero-order chi connectivity index (χ0) is 28.8. The first kappa shape index (κ1) is 35.4. The molecule has 2 aromatic carbocycles. The second kappa shape index (κ2) is 21.5. The van der Waals surface area contributed by atoms with Gasteiger partial charge in [0, 0.05) is 13.6 Å². The van der Waals surface area contributed by atoms with Crippen molar-refractivity contribution in [3.63, 3.8) is 0 Å². The van der Waals surface area contributed by atoms with E-state index in [0.717, 1.165) is 17.1 Å². The van der Waals surface area contributed by atoms with Crippen LogP contribution in [0.3, 0.4) is 0 Å². The number of methoxy groups -OCH3 is 1. The van der Waals surface area contributed by atoms with Gasteiger partial charge in [0.15, 0.2) is 23.6 Å². The lowest BCUT2D eigenvalue weighted by atomic mass is 10.2. The van der Waals surface area contributed by atoms with Crippen molar-refractivity contribution in [2.45, 2.75) is 33.7 Å². The van der Waals surface area contributed by atoms with E-state index in [0.29, 0.717) is 29.8 Å².